The third kappa shape index (κ3) is 2.81. The highest BCUT2D eigenvalue weighted by atomic mass is 16.1. The Morgan fingerprint density at radius 1 is 1.00 bits per heavy atom. The number of anilines is 1. The number of hydrogen-bond donors (Lipinski definition) is 3. The van der Waals surface area contributed by atoms with Crippen LogP contribution in [0.5, 0.6) is 0 Å². The third-order valence-electron chi connectivity index (χ3n) is 4.00. The average Bonchev–Trinajstić information content (AvgIpc) is 3.03. The van der Waals surface area contributed by atoms with Crippen molar-refractivity contribution in [1.29, 1.82) is 0 Å². The molecule has 0 saturated heterocycles. The van der Waals surface area contributed by atoms with E-state index in [-0.39, 0.29) is 5.91 Å². The SMILES string of the molecule is O=C1NCCNCCNc2ccn3ncc(c3n2)-c2cccc1c2. The Bertz CT molecular complexity index is 888. The zero-order chi connectivity index (χ0) is 16.4. The normalized spacial score (nSPS) is 15.4. The summed E-state index contributed by atoms with van der Waals surface area (Å²) in [5.41, 5.74) is 3.23. The molecule has 1 aliphatic rings. The Kier molecular flexibility index (Phi) is 3.84. The molecular formula is C17H18N6O. The van der Waals surface area contributed by atoms with Crippen LogP contribution in [0.2, 0.25) is 0 Å². The highest BCUT2D eigenvalue weighted by molar-refractivity contribution is 5.96. The molecule has 2 aromatic heterocycles. The molecule has 0 radical (unpaired) electrons. The van der Waals surface area contributed by atoms with Crippen molar-refractivity contribution in [1.82, 2.24) is 25.2 Å². The van der Waals surface area contributed by atoms with Crippen LogP contribution in [0.25, 0.3) is 16.8 Å². The summed E-state index contributed by atoms with van der Waals surface area (Å²) >= 11 is 0. The molecule has 0 atom stereocenters. The summed E-state index contributed by atoms with van der Waals surface area (Å²) in [6.07, 6.45) is 3.67. The fraction of sp³-hybridized carbons (Fsp3) is 0.235. The fourth-order valence-corrected chi connectivity index (χ4v) is 2.77. The second-order valence-corrected chi connectivity index (χ2v) is 5.65. The Labute approximate surface area is 139 Å². The third-order valence-corrected chi connectivity index (χ3v) is 4.00. The van der Waals surface area contributed by atoms with Crippen LogP contribution in [0, 0.1) is 0 Å². The summed E-state index contributed by atoms with van der Waals surface area (Å²) in [5.74, 6) is 0.739. The van der Waals surface area contributed by atoms with Gasteiger partial charge >= 0.3 is 0 Å². The Morgan fingerprint density at radius 2 is 1.83 bits per heavy atom. The van der Waals surface area contributed by atoms with Gasteiger partial charge in [0.25, 0.3) is 5.91 Å². The van der Waals surface area contributed by atoms with Crippen LogP contribution in [0.3, 0.4) is 0 Å². The summed E-state index contributed by atoms with van der Waals surface area (Å²) in [6, 6.07) is 9.45. The number of aromatic nitrogens is 3. The van der Waals surface area contributed by atoms with Crippen LogP contribution in [0.4, 0.5) is 5.82 Å². The molecule has 0 aliphatic carbocycles. The van der Waals surface area contributed by atoms with Gasteiger partial charge in [0.1, 0.15) is 5.82 Å². The van der Waals surface area contributed by atoms with E-state index in [1.807, 2.05) is 36.5 Å². The van der Waals surface area contributed by atoms with Crippen molar-refractivity contribution < 1.29 is 4.79 Å². The maximum Gasteiger partial charge on any atom is 0.251 e. The molecule has 1 amide bonds. The molecule has 0 unspecified atom stereocenters. The molecule has 3 aromatic rings. The van der Waals surface area contributed by atoms with Crippen LogP contribution < -0.4 is 16.0 Å². The van der Waals surface area contributed by atoms with Gasteiger partial charge in [0, 0.05) is 43.5 Å². The van der Waals surface area contributed by atoms with E-state index in [9.17, 15) is 4.79 Å². The molecule has 3 N–H and O–H groups in total. The van der Waals surface area contributed by atoms with E-state index in [4.69, 9.17) is 0 Å². The Balaban J connectivity index is 1.82. The van der Waals surface area contributed by atoms with Gasteiger partial charge in [-0.1, -0.05) is 12.1 Å². The first kappa shape index (κ1) is 14.6. The van der Waals surface area contributed by atoms with Crippen LogP contribution in [0.1, 0.15) is 10.4 Å². The van der Waals surface area contributed by atoms with Gasteiger partial charge in [-0.3, -0.25) is 4.79 Å². The monoisotopic (exact) mass is 322 g/mol. The lowest BCUT2D eigenvalue weighted by Crippen LogP contribution is -2.33. The topological polar surface area (TPSA) is 83.4 Å². The lowest BCUT2D eigenvalue weighted by Gasteiger charge is -2.08. The largest absolute Gasteiger partial charge is 0.369 e. The van der Waals surface area contributed by atoms with Crippen molar-refractivity contribution in [3.05, 3.63) is 48.3 Å². The molecule has 0 spiro atoms. The lowest BCUT2D eigenvalue weighted by atomic mass is 10.1. The van der Waals surface area contributed by atoms with Crippen molar-refractivity contribution in [2.45, 2.75) is 0 Å². The maximum absolute atomic E-state index is 12.3. The predicted octanol–water partition coefficient (Wildman–Crippen LogP) is 1.14. The van der Waals surface area contributed by atoms with E-state index in [0.29, 0.717) is 12.1 Å². The molecule has 0 saturated carbocycles. The molecule has 1 aliphatic heterocycles. The summed E-state index contributed by atoms with van der Waals surface area (Å²) < 4.78 is 1.74. The number of carbonyl (C=O) groups is 1. The summed E-state index contributed by atoms with van der Waals surface area (Å²) in [4.78, 5) is 16.9. The molecule has 4 bridgehead atoms. The highest BCUT2D eigenvalue weighted by Crippen LogP contribution is 2.25. The second kappa shape index (κ2) is 6.29. The minimum absolute atomic E-state index is 0.0724. The number of nitrogens with zero attached hydrogens (tertiary/aromatic N) is 3. The van der Waals surface area contributed by atoms with E-state index >= 15 is 0 Å². The van der Waals surface area contributed by atoms with E-state index in [2.05, 4.69) is 26.0 Å². The zero-order valence-corrected chi connectivity index (χ0v) is 13.1. The van der Waals surface area contributed by atoms with Gasteiger partial charge in [-0.05, 0) is 23.8 Å². The van der Waals surface area contributed by atoms with Gasteiger partial charge < -0.3 is 16.0 Å². The first-order valence-corrected chi connectivity index (χ1v) is 7.99. The van der Waals surface area contributed by atoms with Crippen molar-refractivity contribution in [2.75, 3.05) is 31.5 Å². The quantitative estimate of drug-likeness (QED) is 0.578. The minimum atomic E-state index is -0.0724. The molecule has 3 heterocycles. The lowest BCUT2D eigenvalue weighted by molar-refractivity contribution is 0.0954. The average molecular weight is 322 g/mol. The highest BCUT2D eigenvalue weighted by Gasteiger charge is 2.12. The van der Waals surface area contributed by atoms with Crippen LogP contribution in [0.15, 0.2) is 42.7 Å². The first-order valence-electron chi connectivity index (χ1n) is 7.99. The second-order valence-electron chi connectivity index (χ2n) is 5.65. The first-order chi connectivity index (χ1) is 11.8. The number of carbonyl (C=O) groups excluding carboxylic acids is 1. The van der Waals surface area contributed by atoms with Gasteiger partial charge in [-0.25, -0.2) is 9.50 Å². The molecule has 4 rings (SSSR count). The standard InChI is InChI=1S/C17H18N6O/c24-17-13-3-1-2-12(10-13)14-11-21-23-9-4-15(22-16(14)23)19-7-5-18-6-8-20-17/h1-4,9-11,18H,5-8H2,(H,19,22)(H,20,24). The van der Waals surface area contributed by atoms with Gasteiger partial charge in [0.05, 0.1) is 6.20 Å². The summed E-state index contributed by atoms with van der Waals surface area (Å²) in [6.45, 7) is 2.87. The smallest absolute Gasteiger partial charge is 0.251 e. The summed E-state index contributed by atoms with van der Waals surface area (Å²) in [5, 5.41) is 13.9. The number of benzene rings is 1. The zero-order valence-electron chi connectivity index (χ0n) is 13.1. The molecule has 7 heteroatoms. The van der Waals surface area contributed by atoms with E-state index < -0.39 is 0 Å². The number of amides is 1. The molecule has 0 fully saturated rings. The molecule has 122 valence electrons. The molecule has 1 aromatic carbocycles. The van der Waals surface area contributed by atoms with Crippen molar-refractivity contribution >= 4 is 17.4 Å². The number of fused-ring (bicyclic) bond motifs is 4. The minimum Gasteiger partial charge on any atom is -0.369 e. The van der Waals surface area contributed by atoms with Crippen LogP contribution in [-0.2, 0) is 0 Å². The Hall–Kier alpha value is -2.93. The van der Waals surface area contributed by atoms with Gasteiger partial charge in [0.2, 0.25) is 0 Å². The van der Waals surface area contributed by atoms with E-state index in [1.54, 1.807) is 10.7 Å². The van der Waals surface area contributed by atoms with E-state index in [1.165, 1.54) is 0 Å². The molecule has 7 nitrogen and oxygen atoms in total. The van der Waals surface area contributed by atoms with Crippen molar-refractivity contribution in [2.24, 2.45) is 0 Å². The predicted molar refractivity (Wildman–Crippen MR) is 92.1 cm³/mol. The fourth-order valence-electron chi connectivity index (χ4n) is 2.77. The van der Waals surface area contributed by atoms with Crippen LogP contribution >= 0.6 is 0 Å². The van der Waals surface area contributed by atoms with Crippen molar-refractivity contribution in [3.8, 4) is 11.1 Å². The maximum atomic E-state index is 12.3. The van der Waals surface area contributed by atoms with Gasteiger partial charge in [0.15, 0.2) is 5.65 Å². The molecular weight excluding hydrogens is 304 g/mol. The Morgan fingerprint density at radius 3 is 2.75 bits per heavy atom. The van der Waals surface area contributed by atoms with Gasteiger partial charge in [-0.15, -0.1) is 0 Å². The number of rotatable bonds is 0. The van der Waals surface area contributed by atoms with Crippen LogP contribution in [-0.4, -0.2) is 46.7 Å². The van der Waals surface area contributed by atoms with Crippen molar-refractivity contribution in [3.63, 3.8) is 0 Å². The summed E-state index contributed by atoms with van der Waals surface area (Å²) in [7, 11) is 0. The number of hydrogen-bond acceptors (Lipinski definition) is 5. The number of nitrogens with one attached hydrogen (secondary N) is 3. The van der Waals surface area contributed by atoms with Gasteiger partial charge in [-0.2, -0.15) is 5.10 Å². The molecule has 24 heavy (non-hydrogen) atoms. The van der Waals surface area contributed by atoms with E-state index in [0.717, 1.165) is 42.2 Å².